The van der Waals surface area contributed by atoms with Gasteiger partial charge in [-0.3, -0.25) is 4.99 Å². The van der Waals surface area contributed by atoms with Crippen molar-refractivity contribution < 1.29 is 8.42 Å². The van der Waals surface area contributed by atoms with Crippen LogP contribution in [0.5, 0.6) is 0 Å². The standard InChI is InChI=1S/C14H27N3O2S2.HI/c1-5-9-20-10-7-16-13(15-6-2)17-8-11-21(18,19)14(3,4)12-17;/h5H,1,6-12H2,2-4H3,(H,15,16);1H. The monoisotopic (exact) mass is 461 g/mol. The number of sulfone groups is 1. The van der Waals surface area contributed by atoms with E-state index in [1.54, 1.807) is 25.6 Å². The third kappa shape index (κ3) is 6.27. The average Bonchev–Trinajstić information content (AvgIpc) is 2.40. The highest BCUT2D eigenvalue weighted by atomic mass is 127. The quantitative estimate of drug-likeness (QED) is 0.216. The SMILES string of the molecule is C=CCSCCN=C(NCC)N1CCS(=O)(=O)C(C)(C)C1.I. The minimum Gasteiger partial charge on any atom is -0.357 e. The minimum atomic E-state index is -3.01. The van der Waals surface area contributed by atoms with Crippen LogP contribution < -0.4 is 5.32 Å². The van der Waals surface area contributed by atoms with Gasteiger partial charge in [0.2, 0.25) is 0 Å². The fraction of sp³-hybridized carbons (Fsp3) is 0.786. The van der Waals surface area contributed by atoms with Gasteiger partial charge in [0, 0.05) is 31.1 Å². The van der Waals surface area contributed by atoms with Gasteiger partial charge in [0.25, 0.3) is 0 Å². The Morgan fingerprint density at radius 2 is 2.18 bits per heavy atom. The van der Waals surface area contributed by atoms with E-state index in [4.69, 9.17) is 0 Å². The zero-order chi connectivity index (χ0) is 15.9. The molecule has 1 saturated heterocycles. The van der Waals surface area contributed by atoms with E-state index < -0.39 is 14.6 Å². The van der Waals surface area contributed by atoms with Crippen LogP contribution in [0.4, 0.5) is 0 Å². The molecule has 8 heteroatoms. The van der Waals surface area contributed by atoms with Gasteiger partial charge in [0.1, 0.15) is 0 Å². The van der Waals surface area contributed by atoms with Crippen molar-refractivity contribution in [3.8, 4) is 0 Å². The summed E-state index contributed by atoms with van der Waals surface area (Å²) in [4.78, 5) is 6.66. The minimum absolute atomic E-state index is 0. The van der Waals surface area contributed by atoms with Crippen molar-refractivity contribution >= 4 is 51.5 Å². The predicted octanol–water partition coefficient (Wildman–Crippen LogP) is 2.00. The van der Waals surface area contributed by atoms with Gasteiger partial charge in [0.15, 0.2) is 15.8 Å². The molecule has 1 rings (SSSR count). The van der Waals surface area contributed by atoms with E-state index in [0.717, 1.165) is 30.6 Å². The van der Waals surface area contributed by atoms with Crippen molar-refractivity contribution in [2.75, 3.05) is 43.4 Å². The van der Waals surface area contributed by atoms with Crippen LogP contribution in [0.3, 0.4) is 0 Å². The van der Waals surface area contributed by atoms with E-state index in [0.29, 0.717) is 13.1 Å². The number of aliphatic imine (C=N–C) groups is 1. The lowest BCUT2D eigenvalue weighted by atomic mass is 10.2. The number of thioether (sulfide) groups is 1. The van der Waals surface area contributed by atoms with Gasteiger partial charge in [-0.25, -0.2) is 8.42 Å². The number of hydrogen-bond acceptors (Lipinski definition) is 4. The van der Waals surface area contributed by atoms with Crippen LogP contribution in [-0.2, 0) is 9.84 Å². The number of hydrogen-bond donors (Lipinski definition) is 1. The lowest BCUT2D eigenvalue weighted by Crippen LogP contribution is -2.57. The van der Waals surface area contributed by atoms with Gasteiger partial charge in [-0.15, -0.1) is 30.6 Å². The van der Waals surface area contributed by atoms with Gasteiger partial charge in [0.05, 0.1) is 17.0 Å². The number of nitrogens with one attached hydrogen (secondary N) is 1. The van der Waals surface area contributed by atoms with Crippen LogP contribution in [0.15, 0.2) is 17.6 Å². The largest absolute Gasteiger partial charge is 0.357 e. The molecule has 0 spiro atoms. The molecular formula is C14H28IN3O2S2. The second kappa shape index (κ2) is 10.0. The van der Waals surface area contributed by atoms with E-state index in [-0.39, 0.29) is 29.7 Å². The fourth-order valence-electron chi connectivity index (χ4n) is 2.13. The van der Waals surface area contributed by atoms with Crippen molar-refractivity contribution in [3.63, 3.8) is 0 Å². The second-order valence-corrected chi connectivity index (χ2v) is 9.49. The smallest absolute Gasteiger partial charge is 0.194 e. The van der Waals surface area contributed by atoms with E-state index in [9.17, 15) is 8.42 Å². The molecule has 0 aliphatic carbocycles. The third-order valence-corrected chi connectivity index (χ3v) is 6.89. The first-order valence-electron chi connectivity index (χ1n) is 7.28. The highest BCUT2D eigenvalue weighted by Gasteiger charge is 2.40. The molecule has 1 fully saturated rings. The Hall–Kier alpha value is 0.0400. The van der Waals surface area contributed by atoms with Crippen LogP contribution in [0.1, 0.15) is 20.8 Å². The maximum absolute atomic E-state index is 12.1. The lowest BCUT2D eigenvalue weighted by molar-refractivity contribution is 0.353. The van der Waals surface area contributed by atoms with Crippen molar-refractivity contribution in [2.45, 2.75) is 25.5 Å². The van der Waals surface area contributed by atoms with Crippen LogP contribution >= 0.6 is 35.7 Å². The molecule has 0 radical (unpaired) electrons. The normalized spacial score (nSPS) is 20.1. The third-order valence-electron chi connectivity index (χ3n) is 3.41. The van der Waals surface area contributed by atoms with E-state index in [1.807, 2.05) is 13.0 Å². The Kier molecular flexibility index (Phi) is 10.0. The van der Waals surface area contributed by atoms with Crippen LogP contribution in [0.2, 0.25) is 0 Å². The van der Waals surface area contributed by atoms with Gasteiger partial charge in [-0.2, -0.15) is 11.8 Å². The summed E-state index contributed by atoms with van der Waals surface area (Å²) < 4.78 is 23.4. The van der Waals surface area contributed by atoms with Gasteiger partial charge < -0.3 is 10.2 Å². The second-order valence-electron chi connectivity index (χ2n) is 5.60. The highest BCUT2D eigenvalue weighted by molar-refractivity contribution is 14.0. The van der Waals surface area contributed by atoms with Crippen molar-refractivity contribution in [2.24, 2.45) is 4.99 Å². The van der Waals surface area contributed by atoms with E-state index in [2.05, 4.69) is 21.8 Å². The maximum Gasteiger partial charge on any atom is 0.194 e. The summed E-state index contributed by atoms with van der Waals surface area (Å²) in [6.45, 7) is 11.8. The summed E-state index contributed by atoms with van der Waals surface area (Å²) in [7, 11) is -3.01. The van der Waals surface area contributed by atoms with Crippen LogP contribution in [-0.4, -0.2) is 67.5 Å². The summed E-state index contributed by atoms with van der Waals surface area (Å²) >= 11 is 1.79. The first kappa shape index (κ1) is 22.0. The average molecular weight is 461 g/mol. The number of halogens is 1. The first-order valence-corrected chi connectivity index (χ1v) is 10.1. The summed E-state index contributed by atoms with van der Waals surface area (Å²) in [6, 6.07) is 0. The molecule has 130 valence electrons. The van der Waals surface area contributed by atoms with Crippen molar-refractivity contribution in [1.29, 1.82) is 0 Å². The molecule has 0 atom stereocenters. The van der Waals surface area contributed by atoms with Crippen molar-refractivity contribution in [1.82, 2.24) is 10.2 Å². The lowest BCUT2D eigenvalue weighted by Gasteiger charge is -2.39. The Balaban J connectivity index is 0.00000441. The van der Waals surface area contributed by atoms with Gasteiger partial charge in [-0.1, -0.05) is 6.08 Å². The maximum atomic E-state index is 12.1. The molecule has 1 N–H and O–H groups in total. The zero-order valence-electron chi connectivity index (χ0n) is 13.7. The Labute approximate surface area is 156 Å². The molecule has 0 saturated carbocycles. The molecule has 1 heterocycles. The van der Waals surface area contributed by atoms with E-state index >= 15 is 0 Å². The molecule has 1 aliphatic rings. The molecule has 0 aromatic heterocycles. The van der Waals surface area contributed by atoms with Crippen LogP contribution in [0.25, 0.3) is 0 Å². The number of guanidine groups is 1. The first-order chi connectivity index (χ1) is 9.84. The Bertz CT molecular complexity index is 478. The molecule has 0 aromatic rings. The van der Waals surface area contributed by atoms with Crippen molar-refractivity contribution in [3.05, 3.63) is 12.7 Å². The molecule has 0 bridgehead atoms. The predicted molar refractivity (Wildman–Crippen MR) is 108 cm³/mol. The molecule has 1 aliphatic heterocycles. The summed E-state index contributed by atoms with van der Waals surface area (Å²) in [6.07, 6.45) is 1.89. The zero-order valence-corrected chi connectivity index (χ0v) is 17.6. The Morgan fingerprint density at radius 1 is 1.50 bits per heavy atom. The van der Waals surface area contributed by atoms with Gasteiger partial charge in [-0.05, 0) is 20.8 Å². The van der Waals surface area contributed by atoms with Crippen LogP contribution in [0, 0.1) is 0 Å². The summed E-state index contributed by atoms with van der Waals surface area (Å²) in [5.74, 6) is 2.88. The molecule has 0 unspecified atom stereocenters. The fourth-order valence-corrected chi connectivity index (χ4v) is 4.05. The topological polar surface area (TPSA) is 61.8 Å². The molecule has 5 nitrogen and oxygen atoms in total. The molecule has 22 heavy (non-hydrogen) atoms. The molecule has 0 aromatic carbocycles. The molecular weight excluding hydrogens is 433 g/mol. The summed E-state index contributed by atoms with van der Waals surface area (Å²) in [5, 5.41) is 3.26. The Morgan fingerprint density at radius 3 is 2.73 bits per heavy atom. The number of nitrogens with zero attached hydrogens (tertiary/aromatic N) is 2. The van der Waals surface area contributed by atoms with E-state index in [1.165, 1.54) is 0 Å². The van der Waals surface area contributed by atoms with Gasteiger partial charge >= 0.3 is 0 Å². The number of rotatable bonds is 6. The highest BCUT2D eigenvalue weighted by Crippen LogP contribution is 2.23. The summed E-state index contributed by atoms with van der Waals surface area (Å²) in [5.41, 5.74) is 0. The molecule has 0 amide bonds.